The number of aromatic nitrogens is 6. The smallest absolute Gasteiger partial charge is 0.269 e. The molecule has 10 heteroatoms. The molecule has 4 aromatic heterocycles. The summed E-state index contributed by atoms with van der Waals surface area (Å²) in [4.78, 5) is 14.6. The summed E-state index contributed by atoms with van der Waals surface area (Å²) in [6.07, 6.45) is 15.9. The van der Waals surface area contributed by atoms with Crippen LogP contribution in [0.3, 0.4) is 0 Å². The zero-order chi connectivity index (χ0) is 50.6. The summed E-state index contributed by atoms with van der Waals surface area (Å²) in [5.74, 6) is 2.73. The maximum atomic E-state index is 6.80. The Balaban J connectivity index is 0.858. The van der Waals surface area contributed by atoms with Crippen LogP contribution in [0.5, 0.6) is 23.0 Å². The van der Waals surface area contributed by atoms with Gasteiger partial charge in [-0.2, -0.15) is 0 Å². The van der Waals surface area contributed by atoms with E-state index < -0.39 is 0 Å². The van der Waals surface area contributed by atoms with Crippen LogP contribution in [0.15, 0.2) is 170 Å². The van der Waals surface area contributed by atoms with Gasteiger partial charge in [0.1, 0.15) is 23.0 Å². The summed E-state index contributed by atoms with van der Waals surface area (Å²) in [7, 11) is 0. The van der Waals surface area contributed by atoms with Crippen molar-refractivity contribution >= 4 is 33.4 Å². The van der Waals surface area contributed by atoms with Gasteiger partial charge < -0.3 is 19.3 Å². The molecule has 0 N–H and O–H groups in total. The number of rotatable bonds is 11. The van der Waals surface area contributed by atoms with Gasteiger partial charge >= 0.3 is 0 Å². The van der Waals surface area contributed by atoms with Gasteiger partial charge in [-0.05, 0) is 120 Å². The Labute approximate surface area is 434 Å². The number of imidazole rings is 2. The molecule has 0 spiro atoms. The van der Waals surface area contributed by atoms with Gasteiger partial charge in [0.25, 0.3) is 12.7 Å². The van der Waals surface area contributed by atoms with E-state index >= 15 is 0 Å². The maximum absolute atomic E-state index is 6.80. The molecular weight excluding hydrogens is 913 g/mol. The molecule has 0 radical (unpaired) electrons. The normalized spacial score (nSPS) is 14.1. The first-order chi connectivity index (χ1) is 35.9. The van der Waals surface area contributed by atoms with Gasteiger partial charge in [0.05, 0.1) is 56.2 Å². The van der Waals surface area contributed by atoms with Crippen LogP contribution in [0.4, 0.5) is 11.4 Å². The molecule has 370 valence electrons. The van der Waals surface area contributed by atoms with Crippen LogP contribution in [-0.2, 0) is 10.8 Å². The Bertz CT molecular complexity index is 3450. The van der Waals surface area contributed by atoms with Crippen molar-refractivity contribution < 1.29 is 18.6 Å². The fourth-order valence-corrected chi connectivity index (χ4v) is 10.5. The molecule has 2 fully saturated rings. The van der Waals surface area contributed by atoms with Gasteiger partial charge in [0.2, 0.25) is 0 Å². The standard InChI is InChI=1S/C64H62N8O2/c1-63(2,3)45-35-47(69-43-71(61-25-13-11-23-59(61)69)57-21-9-7-19-55(57)67-31-15-16-32-67)39-51(37-45)73-49-27-29-65-53(41-49)54-42-50(28-30-66-54)74-52-38-46(64(4,5)6)36-48(40-52)70-44-72(62-26-14-12-24-60(62)70)58-22-10-8-20-56(58)68-33-17-18-34-68/h7-14,19-30,35-42H,15-18,31-34H2,1-6H3. The molecule has 6 aromatic carbocycles. The number of anilines is 2. The van der Waals surface area contributed by atoms with Gasteiger partial charge in [0, 0.05) is 62.1 Å². The number of benzene rings is 6. The average Bonchev–Trinajstić information content (AvgIpc) is 4.27. The Morgan fingerprint density at radius 1 is 0.419 bits per heavy atom. The van der Waals surface area contributed by atoms with Crippen LogP contribution in [0.25, 0.3) is 56.2 Å². The summed E-state index contributed by atoms with van der Waals surface area (Å²) in [6, 6.07) is 55.1. The Morgan fingerprint density at radius 3 is 1.20 bits per heavy atom. The van der Waals surface area contributed by atoms with Crippen LogP contribution in [0.2, 0.25) is 0 Å². The van der Waals surface area contributed by atoms with Crippen LogP contribution in [0.1, 0.15) is 78.4 Å². The Hall–Kier alpha value is -8.24. The highest BCUT2D eigenvalue weighted by atomic mass is 16.5. The molecule has 0 saturated carbocycles. The molecule has 0 amide bonds. The number of fused-ring (bicyclic) bond motifs is 2. The van der Waals surface area contributed by atoms with Gasteiger partial charge in [0.15, 0.2) is 0 Å². The summed E-state index contributed by atoms with van der Waals surface area (Å²) in [6.45, 7) is 17.6. The van der Waals surface area contributed by atoms with Crippen molar-refractivity contribution in [2.75, 3.05) is 36.0 Å². The molecule has 0 bridgehead atoms. The van der Waals surface area contributed by atoms with Crippen molar-refractivity contribution in [3.63, 3.8) is 0 Å². The first kappa shape index (κ1) is 46.8. The van der Waals surface area contributed by atoms with Gasteiger partial charge in [-0.25, -0.2) is 0 Å². The zero-order valence-corrected chi connectivity index (χ0v) is 43.2. The van der Waals surface area contributed by atoms with E-state index in [0.717, 1.165) is 82.1 Å². The van der Waals surface area contributed by atoms with Crippen molar-refractivity contribution in [2.45, 2.75) is 78.1 Å². The van der Waals surface area contributed by atoms with E-state index in [0.29, 0.717) is 34.4 Å². The molecule has 12 rings (SSSR count). The van der Waals surface area contributed by atoms with Gasteiger partial charge in [-0.15, -0.1) is 0 Å². The number of para-hydroxylation sites is 8. The zero-order valence-electron chi connectivity index (χ0n) is 43.2. The SMILES string of the molecule is CC(C)(C)c1cc(Oc2ccnc(-c3cc(Oc4cc(-[n+]5[c-]n(-c6ccccc6N6CCCC6)c6ccccc65)cc(C(C)(C)C)c4)ccn3)c2)cc(-[n+]2[c-]n(-c3ccccc3N3CCCC3)c3ccccc32)c1. The third-order valence-electron chi connectivity index (χ3n) is 14.5. The molecule has 74 heavy (non-hydrogen) atoms. The third-order valence-corrected chi connectivity index (χ3v) is 14.5. The molecule has 10 aromatic rings. The third kappa shape index (κ3) is 9.14. The average molecular weight is 975 g/mol. The summed E-state index contributed by atoms with van der Waals surface area (Å²) in [5, 5.41) is 0. The van der Waals surface area contributed by atoms with E-state index in [1.807, 2.05) is 24.3 Å². The molecule has 2 aliphatic heterocycles. The fraction of sp³-hybridized carbons (Fsp3) is 0.250. The highest BCUT2D eigenvalue weighted by molar-refractivity contribution is 5.79. The second-order valence-corrected chi connectivity index (χ2v) is 21.8. The molecule has 2 saturated heterocycles. The number of hydrogen-bond acceptors (Lipinski definition) is 6. The van der Waals surface area contributed by atoms with E-state index in [2.05, 4.69) is 216 Å². The maximum Gasteiger partial charge on any atom is 0.269 e. The number of ether oxygens (including phenoxy) is 2. The second kappa shape index (κ2) is 19.0. The lowest BCUT2D eigenvalue weighted by atomic mass is 9.86. The van der Waals surface area contributed by atoms with Gasteiger partial charge in [-0.1, -0.05) is 114 Å². The number of nitrogens with zero attached hydrogens (tertiary/aromatic N) is 8. The predicted octanol–water partition coefficient (Wildman–Crippen LogP) is 13.6. The predicted molar refractivity (Wildman–Crippen MR) is 295 cm³/mol. The summed E-state index contributed by atoms with van der Waals surface area (Å²) >= 11 is 0. The van der Waals surface area contributed by atoms with Crippen molar-refractivity contribution in [3.8, 4) is 57.1 Å². The quantitative estimate of drug-likeness (QED) is 0.0950. The molecule has 6 heterocycles. The molecule has 2 aliphatic rings. The van der Waals surface area contributed by atoms with E-state index in [1.54, 1.807) is 12.4 Å². The van der Waals surface area contributed by atoms with E-state index in [9.17, 15) is 0 Å². The lowest BCUT2D eigenvalue weighted by Gasteiger charge is -2.22. The van der Waals surface area contributed by atoms with Crippen LogP contribution >= 0.6 is 0 Å². The van der Waals surface area contributed by atoms with Crippen molar-refractivity contribution in [1.29, 1.82) is 0 Å². The van der Waals surface area contributed by atoms with E-state index in [1.165, 1.54) is 37.1 Å². The highest BCUT2D eigenvalue weighted by Gasteiger charge is 2.25. The van der Waals surface area contributed by atoms with Crippen molar-refractivity contribution in [1.82, 2.24) is 19.1 Å². The monoisotopic (exact) mass is 974 g/mol. The second-order valence-electron chi connectivity index (χ2n) is 21.8. The van der Waals surface area contributed by atoms with Crippen LogP contribution < -0.4 is 28.4 Å². The van der Waals surface area contributed by atoms with Crippen molar-refractivity contribution in [2.24, 2.45) is 0 Å². The van der Waals surface area contributed by atoms with Gasteiger partial charge in [-0.3, -0.25) is 28.2 Å². The largest absolute Gasteiger partial charge is 0.458 e. The van der Waals surface area contributed by atoms with Crippen molar-refractivity contribution in [3.05, 3.63) is 194 Å². The number of pyridine rings is 2. The fourth-order valence-electron chi connectivity index (χ4n) is 10.5. The molecule has 0 atom stereocenters. The number of hydrogen-bond donors (Lipinski definition) is 0. The first-order valence-electron chi connectivity index (χ1n) is 26.1. The lowest BCUT2D eigenvalue weighted by molar-refractivity contribution is -0.572. The highest BCUT2D eigenvalue weighted by Crippen LogP contribution is 2.37. The minimum absolute atomic E-state index is 0.161. The molecular formula is C64H62N8O2. The summed E-state index contributed by atoms with van der Waals surface area (Å²) < 4.78 is 22.3. The topological polar surface area (TPSA) is 68.3 Å². The molecule has 0 unspecified atom stereocenters. The molecule has 10 nitrogen and oxygen atoms in total. The summed E-state index contributed by atoms with van der Waals surface area (Å²) in [5.41, 5.74) is 14.2. The first-order valence-corrected chi connectivity index (χ1v) is 26.1. The Morgan fingerprint density at radius 2 is 0.797 bits per heavy atom. The minimum atomic E-state index is -0.161. The Kier molecular flexibility index (Phi) is 12.0. The lowest BCUT2D eigenvalue weighted by Crippen LogP contribution is -2.30. The molecule has 0 aliphatic carbocycles. The minimum Gasteiger partial charge on any atom is -0.458 e. The van der Waals surface area contributed by atoms with E-state index in [4.69, 9.17) is 19.4 Å². The van der Waals surface area contributed by atoms with Crippen LogP contribution in [-0.4, -0.2) is 45.3 Å². The van der Waals surface area contributed by atoms with Crippen LogP contribution in [0, 0.1) is 12.7 Å². The van der Waals surface area contributed by atoms with E-state index in [-0.39, 0.29) is 10.8 Å².